The van der Waals surface area contributed by atoms with Gasteiger partial charge < -0.3 is 19.9 Å². The van der Waals surface area contributed by atoms with Crippen molar-refractivity contribution in [3.63, 3.8) is 0 Å². The molecule has 2 heterocycles. The second-order valence-corrected chi connectivity index (χ2v) is 7.85. The number of guanidine groups is 1. The summed E-state index contributed by atoms with van der Waals surface area (Å²) in [5, 5.41) is 3.34. The summed E-state index contributed by atoms with van der Waals surface area (Å²) in [5.41, 5.74) is 1.09. The van der Waals surface area contributed by atoms with Crippen LogP contribution in [0.2, 0.25) is 0 Å². The van der Waals surface area contributed by atoms with Crippen molar-refractivity contribution in [2.75, 3.05) is 70.9 Å². The molecule has 0 aromatic heterocycles. The van der Waals surface area contributed by atoms with Crippen LogP contribution in [-0.4, -0.2) is 87.9 Å². The number of alkyl halides is 3. The standard InChI is InChI=1S/C21H32F3N5O/c1-3-25-20(26-14-17-8-9-27(15-17)16-21(22,23)24)29-12-10-28(11-13-29)18-6-4-5-7-19(18)30-2/h4-7,17H,3,8-16H2,1-2H3,(H,25,26). The quantitative estimate of drug-likeness (QED) is 0.559. The highest BCUT2D eigenvalue weighted by atomic mass is 19.4. The first-order valence-corrected chi connectivity index (χ1v) is 10.6. The Bertz CT molecular complexity index is 704. The van der Waals surface area contributed by atoms with E-state index in [0.717, 1.165) is 56.5 Å². The number of halogens is 3. The summed E-state index contributed by atoms with van der Waals surface area (Å²) in [6.45, 7) is 6.85. The molecule has 1 aromatic rings. The number of hydrogen-bond donors (Lipinski definition) is 1. The van der Waals surface area contributed by atoms with Crippen molar-refractivity contribution in [1.82, 2.24) is 15.1 Å². The van der Waals surface area contributed by atoms with Gasteiger partial charge in [-0.25, -0.2) is 0 Å². The van der Waals surface area contributed by atoms with Crippen molar-refractivity contribution in [2.45, 2.75) is 19.5 Å². The Morgan fingerprint density at radius 1 is 1.17 bits per heavy atom. The van der Waals surface area contributed by atoms with E-state index >= 15 is 0 Å². The van der Waals surface area contributed by atoms with Gasteiger partial charge in [0.15, 0.2) is 5.96 Å². The number of aliphatic imine (C=N–C) groups is 1. The zero-order valence-electron chi connectivity index (χ0n) is 17.8. The predicted molar refractivity (Wildman–Crippen MR) is 113 cm³/mol. The summed E-state index contributed by atoms with van der Waals surface area (Å²) in [4.78, 5) is 10.8. The molecule has 0 saturated carbocycles. The summed E-state index contributed by atoms with van der Waals surface area (Å²) in [7, 11) is 1.68. The molecule has 1 atom stereocenters. The molecule has 1 aromatic carbocycles. The number of likely N-dealkylation sites (tertiary alicyclic amines) is 1. The maximum Gasteiger partial charge on any atom is 0.401 e. The highest BCUT2D eigenvalue weighted by Crippen LogP contribution is 2.28. The van der Waals surface area contributed by atoms with Crippen LogP contribution in [0.4, 0.5) is 18.9 Å². The lowest BCUT2D eigenvalue weighted by Crippen LogP contribution is -2.52. The van der Waals surface area contributed by atoms with E-state index in [9.17, 15) is 13.2 Å². The van der Waals surface area contributed by atoms with E-state index in [1.165, 1.54) is 4.90 Å². The molecule has 6 nitrogen and oxygen atoms in total. The van der Waals surface area contributed by atoms with Crippen molar-refractivity contribution >= 4 is 11.6 Å². The van der Waals surface area contributed by atoms with Crippen molar-refractivity contribution in [3.8, 4) is 5.75 Å². The van der Waals surface area contributed by atoms with Gasteiger partial charge >= 0.3 is 6.18 Å². The predicted octanol–water partition coefficient (Wildman–Crippen LogP) is 2.67. The Labute approximate surface area is 176 Å². The molecule has 0 spiro atoms. The van der Waals surface area contributed by atoms with Gasteiger partial charge in [-0.1, -0.05) is 12.1 Å². The minimum absolute atomic E-state index is 0.177. The number of benzene rings is 1. The summed E-state index contributed by atoms with van der Waals surface area (Å²) in [5.74, 6) is 1.90. The normalized spacial score (nSPS) is 21.2. The SMILES string of the molecule is CCNC(=NCC1CCN(CC(F)(F)F)C1)N1CCN(c2ccccc2OC)CC1. The zero-order valence-corrected chi connectivity index (χ0v) is 17.8. The first-order chi connectivity index (χ1) is 14.4. The van der Waals surface area contributed by atoms with Crippen LogP contribution in [0.3, 0.4) is 0 Å². The number of hydrogen-bond acceptors (Lipinski definition) is 4. The highest BCUT2D eigenvalue weighted by molar-refractivity contribution is 5.80. The molecule has 1 unspecified atom stereocenters. The fourth-order valence-electron chi connectivity index (χ4n) is 4.15. The van der Waals surface area contributed by atoms with Crippen molar-refractivity contribution in [2.24, 2.45) is 10.9 Å². The van der Waals surface area contributed by atoms with Gasteiger partial charge in [-0.2, -0.15) is 13.2 Å². The topological polar surface area (TPSA) is 43.3 Å². The van der Waals surface area contributed by atoms with Gasteiger partial charge in [-0.3, -0.25) is 9.89 Å². The number of anilines is 1. The third-order valence-corrected chi connectivity index (χ3v) is 5.61. The number of nitrogens with zero attached hydrogens (tertiary/aromatic N) is 4. The number of methoxy groups -OCH3 is 1. The molecule has 168 valence electrons. The maximum absolute atomic E-state index is 12.6. The molecule has 0 amide bonds. The van der Waals surface area contributed by atoms with Gasteiger partial charge in [0, 0.05) is 45.8 Å². The lowest BCUT2D eigenvalue weighted by atomic mass is 10.1. The van der Waals surface area contributed by atoms with Gasteiger partial charge in [0.1, 0.15) is 5.75 Å². The van der Waals surface area contributed by atoms with E-state index in [2.05, 4.69) is 21.2 Å². The number of nitrogens with one attached hydrogen (secondary N) is 1. The minimum atomic E-state index is -4.13. The van der Waals surface area contributed by atoms with E-state index < -0.39 is 12.7 Å². The lowest BCUT2D eigenvalue weighted by Gasteiger charge is -2.38. The van der Waals surface area contributed by atoms with Gasteiger partial charge in [-0.05, 0) is 37.9 Å². The molecular formula is C21H32F3N5O. The van der Waals surface area contributed by atoms with Gasteiger partial charge in [0.2, 0.25) is 0 Å². The second kappa shape index (κ2) is 10.2. The molecule has 1 N–H and O–H groups in total. The molecule has 30 heavy (non-hydrogen) atoms. The number of para-hydroxylation sites is 2. The Hall–Kier alpha value is -2.16. The van der Waals surface area contributed by atoms with Crippen LogP contribution < -0.4 is 15.0 Å². The second-order valence-electron chi connectivity index (χ2n) is 7.85. The Morgan fingerprint density at radius 3 is 2.57 bits per heavy atom. The first-order valence-electron chi connectivity index (χ1n) is 10.6. The summed E-state index contributed by atoms with van der Waals surface area (Å²) < 4.78 is 43.3. The lowest BCUT2D eigenvalue weighted by molar-refractivity contribution is -0.143. The van der Waals surface area contributed by atoms with Crippen LogP contribution in [-0.2, 0) is 0 Å². The van der Waals surface area contributed by atoms with Crippen LogP contribution in [0, 0.1) is 5.92 Å². The van der Waals surface area contributed by atoms with Crippen LogP contribution in [0.15, 0.2) is 29.3 Å². The highest BCUT2D eigenvalue weighted by Gasteiger charge is 2.34. The first kappa shape index (κ1) is 22.5. The van der Waals surface area contributed by atoms with Crippen LogP contribution in [0.25, 0.3) is 0 Å². The number of piperazine rings is 1. The Kier molecular flexibility index (Phi) is 7.69. The van der Waals surface area contributed by atoms with Crippen molar-refractivity contribution in [1.29, 1.82) is 0 Å². The van der Waals surface area contributed by atoms with Crippen molar-refractivity contribution < 1.29 is 17.9 Å². The molecule has 2 aliphatic heterocycles. The van der Waals surface area contributed by atoms with Crippen molar-refractivity contribution in [3.05, 3.63) is 24.3 Å². The largest absolute Gasteiger partial charge is 0.495 e. The van der Waals surface area contributed by atoms with Gasteiger partial charge in [0.25, 0.3) is 0 Å². The molecule has 0 bridgehead atoms. The Morgan fingerprint density at radius 2 is 1.90 bits per heavy atom. The third kappa shape index (κ3) is 6.17. The van der Waals surface area contributed by atoms with E-state index in [-0.39, 0.29) is 5.92 Å². The van der Waals surface area contributed by atoms with E-state index in [1.54, 1.807) is 7.11 Å². The molecule has 0 aliphatic carbocycles. The smallest absolute Gasteiger partial charge is 0.401 e. The van der Waals surface area contributed by atoms with E-state index in [1.807, 2.05) is 25.1 Å². The monoisotopic (exact) mass is 427 g/mol. The molecule has 9 heteroatoms. The summed E-state index contributed by atoms with van der Waals surface area (Å²) in [6.07, 6.45) is -3.37. The van der Waals surface area contributed by atoms with E-state index in [4.69, 9.17) is 9.73 Å². The zero-order chi connectivity index (χ0) is 21.6. The average Bonchev–Trinajstić information content (AvgIpc) is 3.16. The molecule has 0 radical (unpaired) electrons. The Balaban J connectivity index is 1.54. The molecular weight excluding hydrogens is 395 g/mol. The molecule has 2 fully saturated rings. The molecule has 3 rings (SSSR count). The fraction of sp³-hybridized carbons (Fsp3) is 0.667. The third-order valence-electron chi connectivity index (χ3n) is 5.61. The summed E-state index contributed by atoms with van der Waals surface area (Å²) >= 11 is 0. The fourth-order valence-corrected chi connectivity index (χ4v) is 4.15. The van der Waals surface area contributed by atoms with E-state index in [0.29, 0.717) is 19.6 Å². The van der Waals surface area contributed by atoms with Crippen LogP contribution in [0.1, 0.15) is 13.3 Å². The summed E-state index contributed by atoms with van der Waals surface area (Å²) in [6, 6.07) is 8.02. The van der Waals surface area contributed by atoms with Crippen LogP contribution in [0.5, 0.6) is 5.75 Å². The number of ether oxygens (including phenoxy) is 1. The van der Waals surface area contributed by atoms with Gasteiger partial charge in [0.05, 0.1) is 19.3 Å². The molecule has 2 aliphatic rings. The average molecular weight is 428 g/mol. The van der Waals surface area contributed by atoms with Crippen LogP contribution >= 0.6 is 0 Å². The van der Waals surface area contributed by atoms with Gasteiger partial charge in [-0.15, -0.1) is 0 Å². The minimum Gasteiger partial charge on any atom is -0.495 e. The molecule has 2 saturated heterocycles. The number of rotatable bonds is 6. The maximum atomic E-state index is 12.6.